The zero-order valence-electron chi connectivity index (χ0n) is 23.0. The van der Waals surface area contributed by atoms with Crippen LogP contribution in [0.2, 0.25) is 0 Å². The number of benzene rings is 4. The van der Waals surface area contributed by atoms with Crippen molar-refractivity contribution in [1.29, 1.82) is 0 Å². The average molecular weight is 515 g/mol. The summed E-state index contributed by atoms with van der Waals surface area (Å²) in [6, 6.07) is 25.1. The maximum Gasteiger partial charge on any atom is 0.308 e. The minimum atomic E-state index is -0.741. The van der Waals surface area contributed by atoms with Crippen LogP contribution in [0.25, 0.3) is 22.3 Å². The SMILES string of the molecule is COc1c(C)cc(C2(c3cc(C)c(OC(C)=O)c(C)c3)c3ccccc3-c3nc4ccccc4nc32)cc1C. The zero-order chi connectivity index (χ0) is 27.5. The molecular weight excluding hydrogens is 484 g/mol. The Labute approximate surface area is 228 Å². The third-order valence-electron chi connectivity index (χ3n) is 7.75. The van der Waals surface area contributed by atoms with E-state index in [1.807, 2.05) is 38.1 Å². The molecule has 1 atom stereocenters. The average Bonchev–Trinajstić information content (AvgIpc) is 3.19. The molecule has 194 valence electrons. The van der Waals surface area contributed by atoms with Gasteiger partial charge in [0.25, 0.3) is 0 Å². The second kappa shape index (κ2) is 9.05. The van der Waals surface area contributed by atoms with Gasteiger partial charge in [-0.1, -0.05) is 60.7 Å². The van der Waals surface area contributed by atoms with Crippen molar-refractivity contribution in [1.82, 2.24) is 9.97 Å². The minimum absolute atomic E-state index is 0.334. The lowest BCUT2D eigenvalue weighted by Crippen LogP contribution is -2.30. The van der Waals surface area contributed by atoms with Crippen LogP contribution in [0.4, 0.5) is 0 Å². The number of hydrogen-bond acceptors (Lipinski definition) is 5. The molecule has 0 aliphatic heterocycles. The van der Waals surface area contributed by atoms with Crippen molar-refractivity contribution in [2.75, 3.05) is 7.11 Å². The van der Waals surface area contributed by atoms with E-state index < -0.39 is 5.41 Å². The lowest BCUT2D eigenvalue weighted by atomic mass is 9.68. The smallest absolute Gasteiger partial charge is 0.308 e. The fourth-order valence-electron chi connectivity index (χ4n) is 6.30. The van der Waals surface area contributed by atoms with E-state index in [4.69, 9.17) is 19.4 Å². The van der Waals surface area contributed by atoms with Crippen molar-refractivity contribution in [2.45, 2.75) is 40.0 Å². The second-order valence-electron chi connectivity index (χ2n) is 10.4. The van der Waals surface area contributed by atoms with E-state index in [1.54, 1.807) is 7.11 Å². The third kappa shape index (κ3) is 3.64. The van der Waals surface area contributed by atoms with Crippen LogP contribution in [-0.4, -0.2) is 23.0 Å². The summed E-state index contributed by atoms with van der Waals surface area (Å²) < 4.78 is 11.4. The highest BCUT2D eigenvalue weighted by atomic mass is 16.5. The summed E-state index contributed by atoms with van der Waals surface area (Å²) in [4.78, 5) is 22.4. The summed E-state index contributed by atoms with van der Waals surface area (Å²) in [7, 11) is 1.71. The summed E-state index contributed by atoms with van der Waals surface area (Å²) in [5, 5.41) is 0. The van der Waals surface area contributed by atoms with Gasteiger partial charge in [0.1, 0.15) is 11.5 Å². The first-order chi connectivity index (χ1) is 18.7. The van der Waals surface area contributed by atoms with Gasteiger partial charge in [-0.3, -0.25) is 4.79 Å². The van der Waals surface area contributed by atoms with Gasteiger partial charge >= 0.3 is 5.97 Å². The number of rotatable bonds is 4. The molecule has 0 saturated carbocycles. The van der Waals surface area contributed by atoms with E-state index in [0.29, 0.717) is 5.75 Å². The van der Waals surface area contributed by atoms with Gasteiger partial charge in [-0.15, -0.1) is 0 Å². The number of aromatic nitrogens is 2. The van der Waals surface area contributed by atoms with E-state index in [1.165, 1.54) is 6.92 Å². The number of hydrogen-bond donors (Lipinski definition) is 0. The molecule has 0 bridgehead atoms. The Morgan fingerprint density at radius 2 is 1.23 bits per heavy atom. The molecule has 1 aliphatic carbocycles. The molecule has 1 unspecified atom stereocenters. The maximum atomic E-state index is 11.9. The van der Waals surface area contributed by atoms with Gasteiger partial charge in [0, 0.05) is 12.5 Å². The molecule has 1 aliphatic rings. The van der Waals surface area contributed by atoms with Crippen LogP contribution in [0.3, 0.4) is 0 Å². The summed E-state index contributed by atoms with van der Waals surface area (Å²) in [6.07, 6.45) is 0. The number of methoxy groups -OCH3 is 1. The molecule has 0 radical (unpaired) electrons. The number of nitrogens with zero attached hydrogens (tertiary/aromatic N) is 2. The van der Waals surface area contributed by atoms with Crippen LogP contribution >= 0.6 is 0 Å². The molecule has 1 heterocycles. The highest BCUT2D eigenvalue weighted by molar-refractivity contribution is 5.88. The molecule has 5 heteroatoms. The van der Waals surface area contributed by atoms with Crippen LogP contribution in [0, 0.1) is 27.7 Å². The topological polar surface area (TPSA) is 61.3 Å². The van der Waals surface area contributed by atoms with Gasteiger partial charge in [0.15, 0.2) is 0 Å². The van der Waals surface area contributed by atoms with Crippen LogP contribution in [0.5, 0.6) is 11.5 Å². The van der Waals surface area contributed by atoms with Crippen molar-refractivity contribution in [3.8, 4) is 22.8 Å². The van der Waals surface area contributed by atoms with Crippen LogP contribution in [-0.2, 0) is 10.2 Å². The molecule has 0 fully saturated rings. The first kappa shape index (κ1) is 24.8. The van der Waals surface area contributed by atoms with Crippen molar-refractivity contribution in [3.05, 3.63) is 117 Å². The Kier molecular flexibility index (Phi) is 5.76. The summed E-state index contributed by atoms with van der Waals surface area (Å²) in [6.45, 7) is 9.57. The molecule has 6 rings (SSSR count). The molecule has 1 aromatic heterocycles. The Morgan fingerprint density at radius 3 is 1.79 bits per heavy atom. The number of esters is 1. The molecule has 0 saturated heterocycles. The number of carbonyl (C=O) groups is 1. The predicted molar refractivity (Wildman–Crippen MR) is 154 cm³/mol. The Hall–Kier alpha value is -4.51. The number of carbonyl (C=O) groups excluding carboxylic acids is 1. The standard InChI is InChI=1S/C34H30N2O3/c1-19-15-24(16-20(2)31(19)38-6)34(25-17-21(3)32(22(4)18-25)39-23(5)37)27-12-8-7-11-26(27)30-33(34)36-29-14-10-9-13-28(29)35-30/h7-18H,1-6H3. The van der Waals surface area contributed by atoms with E-state index in [9.17, 15) is 4.79 Å². The van der Waals surface area contributed by atoms with Crippen molar-refractivity contribution in [2.24, 2.45) is 0 Å². The molecule has 39 heavy (non-hydrogen) atoms. The summed E-state index contributed by atoms with van der Waals surface area (Å²) in [5.41, 5.74) is 11.0. The number of aryl methyl sites for hydroxylation is 4. The first-order valence-electron chi connectivity index (χ1n) is 13.1. The Bertz CT molecular complexity index is 1760. The minimum Gasteiger partial charge on any atom is -0.496 e. The lowest BCUT2D eigenvalue weighted by molar-refractivity contribution is -0.131. The van der Waals surface area contributed by atoms with Crippen molar-refractivity contribution >= 4 is 17.0 Å². The molecule has 0 N–H and O–H groups in total. The largest absolute Gasteiger partial charge is 0.496 e. The molecule has 0 spiro atoms. The maximum absolute atomic E-state index is 11.9. The van der Waals surface area contributed by atoms with E-state index in [0.717, 1.165) is 72.7 Å². The molecule has 4 aromatic carbocycles. The molecule has 5 aromatic rings. The third-order valence-corrected chi connectivity index (χ3v) is 7.75. The van der Waals surface area contributed by atoms with Gasteiger partial charge in [-0.05, 0) is 78.8 Å². The highest BCUT2D eigenvalue weighted by Gasteiger charge is 2.49. The van der Waals surface area contributed by atoms with Crippen molar-refractivity contribution < 1.29 is 14.3 Å². The highest BCUT2D eigenvalue weighted by Crippen LogP contribution is 2.56. The van der Waals surface area contributed by atoms with E-state index in [2.05, 4.69) is 62.4 Å². The fourth-order valence-corrected chi connectivity index (χ4v) is 6.30. The van der Waals surface area contributed by atoms with Crippen LogP contribution < -0.4 is 9.47 Å². The van der Waals surface area contributed by atoms with Crippen LogP contribution in [0.15, 0.2) is 72.8 Å². The predicted octanol–water partition coefficient (Wildman–Crippen LogP) is 7.16. The monoisotopic (exact) mass is 514 g/mol. The molecule has 0 amide bonds. The van der Waals surface area contributed by atoms with Gasteiger partial charge < -0.3 is 9.47 Å². The zero-order valence-corrected chi connectivity index (χ0v) is 23.0. The Morgan fingerprint density at radius 1 is 0.718 bits per heavy atom. The quantitative estimate of drug-likeness (QED) is 0.184. The van der Waals surface area contributed by atoms with Gasteiger partial charge in [0.2, 0.25) is 0 Å². The Balaban J connectivity index is 1.79. The van der Waals surface area contributed by atoms with Gasteiger partial charge in [0.05, 0.1) is 34.9 Å². The normalized spacial score (nSPS) is 15.6. The number of para-hydroxylation sites is 2. The van der Waals surface area contributed by atoms with Gasteiger partial charge in [-0.25, -0.2) is 9.97 Å². The number of ether oxygens (including phenoxy) is 2. The molecular formula is C34H30N2O3. The summed E-state index contributed by atoms with van der Waals surface area (Å²) in [5.74, 6) is 1.14. The molecule has 5 nitrogen and oxygen atoms in total. The number of fused-ring (bicyclic) bond motifs is 4. The van der Waals surface area contributed by atoms with E-state index in [-0.39, 0.29) is 5.97 Å². The lowest BCUT2D eigenvalue weighted by Gasteiger charge is -2.34. The fraction of sp³-hybridized carbons (Fsp3) is 0.206. The van der Waals surface area contributed by atoms with Gasteiger partial charge in [-0.2, -0.15) is 0 Å². The van der Waals surface area contributed by atoms with Crippen molar-refractivity contribution in [3.63, 3.8) is 0 Å². The second-order valence-corrected chi connectivity index (χ2v) is 10.4. The first-order valence-corrected chi connectivity index (χ1v) is 13.1. The summed E-state index contributed by atoms with van der Waals surface area (Å²) >= 11 is 0. The van der Waals surface area contributed by atoms with E-state index >= 15 is 0 Å². The van der Waals surface area contributed by atoms with Crippen LogP contribution in [0.1, 0.15) is 51.6 Å².